The van der Waals surface area contributed by atoms with Gasteiger partial charge in [-0.2, -0.15) is 4.52 Å². The first-order chi connectivity index (χ1) is 11.7. The maximum absolute atomic E-state index is 11.9. The monoisotopic (exact) mass is 333 g/mol. The minimum absolute atomic E-state index is 0.0386. The summed E-state index contributed by atoms with van der Waals surface area (Å²) < 4.78 is 6.61. The third kappa shape index (κ3) is 3.80. The first-order valence-electron chi connectivity index (χ1n) is 8.09. The van der Waals surface area contributed by atoms with Crippen LogP contribution in [0.1, 0.15) is 6.92 Å². The second kappa shape index (κ2) is 7.54. The molecule has 1 atom stereocenters. The summed E-state index contributed by atoms with van der Waals surface area (Å²) in [6.45, 7) is 6.12. The van der Waals surface area contributed by atoms with Crippen LogP contribution in [0.5, 0.6) is 0 Å². The average molecular weight is 333 g/mol. The van der Waals surface area contributed by atoms with E-state index in [4.69, 9.17) is 4.74 Å². The number of nitrogens with one attached hydrogen (secondary N) is 1. The van der Waals surface area contributed by atoms with Crippen LogP contribution in [-0.4, -0.2) is 83.1 Å². The van der Waals surface area contributed by atoms with E-state index < -0.39 is 0 Å². The van der Waals surface area contributed by atoms with Gasteiger partial charge >= 0.3 is 0 Å². The highest BCUT2D eigenvalue weighted by molar-refractivity contribution is 5.78. The Labute approximate surface area is 140 Å². The molecule has 1 saturated heterocycles. The predicted octanol–water partition coefficient (Wildman–Crippen LogP) is -0.603. The van der Waals surface area contributed by atoms with Crippen molar-refractivity contribution in [1.29, 1.82) is 0 Å². The Morgan fingerprint density at radius 1 is 1.42 bits per heavy atom. The van der Waals surface area contributed by atoms with Gasteiger partial charge in [0.15, 0.2) is 5.65 Å². The smallest absolute Gasteiger partial charge is 0.234 e. The number of rotatable bonds is 6. The van der Waals surface area contributed by atoms with Crippen molar-refractivity contribution in [3.8, 4) is 0 Å². The Morgan fingerprint density at radius 3 is 3.08 bits per heavy atom. The fraction of sp³-hybridized carbons (Fsp3) is 0.600. The van der Waals surface area contributed by atoms with Crippen molar-refractivity contribution in [1.82, 2.24) is 30.0 Å². The number of fused-ring (bicyclic) bond motifs is 1. The summed E-state index contributed by atoms with van der Waals surface area (Å²) in [7, 11) is 1.62. The fourth-order valence-electron chi connectivity index (χ4n) is 2.94. The van der Waals surface area contributed by atoms with Gasteiger partial charge in [-0.1, -0.05) is 0 Å². The number of aromatic nitrogens is 4. The number of carbonyl (C=O) groups is 1. The molecule has 0 bridgehead atoms. The Bertz CT molecular complexity index is 689. The van der Waals surface area contributed by atoms with Gasteiger partial charge in [-0.3, -0.25) is 9.69 Å². The molecule has 0 radical (unpaired) electrons. The number of amides is 1. The van der Waals surface area contributed by atoms with E-state index in [1.165, 1.54) is 0 Å². The molecule has 1 aliphatic rings. The van der Waals surface area contributed by atoms with E-state index in [0.717, 1.165) is 31.1 Å². The molecule has 9 heteroatoms. The average Bonchev–Trinajstić information content (AvgIpc) is 3.03. The molecule has 0 aromatic carbocycles. The Morgan fingerprint density at radius 2 is 2.29 bits per heavy atom. The van der Waals surface area contributed by atoms with E-state index in [-0.39, 0.29) is 11.9 Å². The molecule has 9 nitrogen and oxygen atoms in total. The van der Waals surface area contributed by atoms with Gasteiger partial charge < -0.3 is 15.0 Å². The largest absolute Gasteiger partial charge is 0.383 e. The molecule has 3 heterocycles. The van der Waals surface area contributed by atoms with Crippen LogP contribution in [0.4, 0.5) is 5.82 Å². The summed E-state index contributed by atoms with van der Waals surface area (Å²) in [5.74, 6) is 0.940. The standard InChI is InChI=1S/C15H23N7O2/c1-12-9-20(10-15(23)16-5-8-24-2)6-7-21(12)14-4-3-13-18-17-11-22(13)19-14/h3-4,11-12H,5-10H2,1-2H3,(H,16,23). The van der Waals surface area contributed by atoms with Crippen LogP contribution in [0.3, 0.4) is 0 Å². The first-order valence-corrected chi connectivity index (χ1v) is 8.09. The van der Waals surface area contributed by atoms with Crippen molar-refractivity contribution in [2.75, 3.05) is 51.3 Å². The molecule has 1 aliphatic heterocycles. The zero-order valence-corrected chi connectivity index (χ0v) is 14.1. The Kier molecular flexibility index (Phi) is 5.21. The van der Waals surface area contributed by atoms with Crippen molar-refractivity contribution in [2.45, 2.75) is 13.0 Å². The molecule has 1 fully saturated rings. The second-order valence-electron chi connectivity index (χ2n) is 5.95. The van der Waals surface area contributed by atoms with E-state index >= 15 is 0 Å². The molecular formula is C15H23N7O2. The molecule has 0 aliphatic carbocycles. The third-order valence-corrected chi connectivity index (χ3v) is 4.15. The number of anilines is 1. The molecule has 2 aromatic rings. The van der Waals surface area contributed by atoms with Gasteiger partial charge in [-0.15, -0.1) is 15.3 Å². The lowest BCUT2D eigenvalue weighted by Gasteiger charge is -2.40. The lowest BCUT2D eigenvalue weighted by molar-refractivity contribution is -0.122. The molecule has 130 valence electrons. The maximum Gasteiger partial charge on any atom is 0.234 e. The summed E-state index contributed by atoms with van der Waals surface area (Å²) >= 11 is 0. The SMILES string of the molecule is COCCNC(=O)CN1CCN(c2ccc3nncn3n2)C(C)C1. The van der Waals surface area contributed by atoms with E-state index in [2.05, 4.69) is 37.3 Å². The van der Waals surface area contributed by atoms with Crippen molar-refractivity contribution >= 4 is 17.4 Å². The number of ether oxygens (including phenoxy) is 1. The molecule has 1 unspecified atom stereocenters. The topological polar surface area (TPSA) is 87.9 Å². The number of nitrogens with zero attached hydrogens (tertiary/aromatic N) is 6. The van der Waals surface area contributed by atoms with E-state index in [1.54, 1.807) is 18.0 Å². The van der Waals surface area contributed by atoms with Crippen LogP contribution in [-0.2, 0) is 9.53 Å². The third-order valence-electron chi connectivity index (χ3n) is 4.15. The fourth-order valence-corrected chi connectivity index (χ4v) is 2.94. The molecule has 2 aromatic heterocycles. The van der Waals surface area contributed by atoms with Crippen molar-refractivity contribution < 1.29 is 9.53 Å². The maximum atomic E-state index is 11.9. The molecule has 0 spiro atoms. The quantitative estimate of drug-likeness (QED) is 0.706. The van der Waals surface area contributed by atoms with E-state index in [1.807, 2.05) is 12.1 Å². The van der Waals surface area contributed by atoms with Crippen molar-refractivity contribution in [2.24, 2.45) is 0 Å². The predicted molar refractivity (Wildman–Crippen MR) is 88.9 cm³/mol. The highest BCUT2D eigenvalue weighted by Crippen LogP contribution is 2.18. The minimum atomic E-state index is 0.0386. The molecule has 1 N–H and O–H groups in total. The van der Waals surface area contributed by atoms with Crippen LogP contribution in [0.15, 0.2) is 18.5 Å². The van der Waals surface area contributed by atoms with Crippen molar-refractivity contribution in [3.05, 3.63) is 18.5 Å². The zero-order valence-electron chi connectivity index (χ0n) is 14.1. The number of piperazine rings is 1. The summed E-state index contributed by atoms with van der Waals surface area (Å²) in [5.41, 5.74) is 0.734. The second-order valence-corrected chi connectivity index (χ2v) is 5.95. The van der Waals surface area contributed by atoms with Crippen LogP contribution >= 0.6 is 0 Å². The van der Waals surface area contributed by atoms with Gasteiger partial charge in [0.25, 0.3) is 0 Å². The van der Waals surface area contributed by atoms with Gasteiger partial charge in [0.1, 0.15) is 12.1 Å². The van der Waals surface area contributed by atoms with Gasteiger partial charge in [0, 0.05) is 39.3 Å². The molecular weight excluding hydrogens is 310 g/mol. The van der Waals surface area contributed by atoms with Crippen LogP contribution in [0, 0.1) is 0 Å². The van der Waals surface area contributed by atoms with Gasteiger partial charge in [-0.05, 0) is 19.1 Å². The summed E-state index contributed by atoms with van der Waals surface area (Å²) in [4.78, 5) is 16.3. The molecule has 3 rings (SSSR count). The van der Waals surface area contributed by atoms with Crippen molar-refractivity contribution in [3.63, 3.8) is 0 Å². The van der Waals surface area contributed by atoms with Crippen LogP contribution in [0.25, 0.3) is 5.65 Å². The summed E-state index contributed by atoms with van der Waals surface area (Å²) in [6, 6.07) is 4.15. The highest BCUT2D eigenvalue weighted by atomic mass is 16.5. The Hall–Kier alpha value is -2.26. The minimum Gasteiger partial charge on any atom is -0.383 e. The summed E-state index contributed by atoms with van der Waals surface area (Å²) in [5, 5.41) is 15.2. The van der Waals surface area contributed by atoms with Gasteiger partial charge in [0.05, 0.1) is 13.2 Å². The van der Waals surface area contributed by atoms with Gasteiger partial charge in [-0.25, -0.2) is 0 Å². The normalized spacial score (nSPS) is 18.9. The van der Waals surface area contributed by atoms with Crippen LogP contribution < -0.4 is 10.2 Å². The molecule has 24 heavy (non-hydrogen) atoms. The van der Waals surface area contributed by atoms with Crippen LogP contribution in [0.2, 0.25) is 0 Å². The lowest BCUT2D eigenvalue weighted by atomic mass is 10.2. The number of carbonyl (C=O) groups excluding carboxylic acids is 1. The highest BCUT2D eigenvalue weighted by Gasteiger charge is 2.26. The lowest BCUT2D eigenvalue weighted by Crippen LogP contribution is -2.54. The zero-order chi connectivity index (χ0) is 16.9. The number of hydrogen-bond donors (Lipinski definition) is 1. The van der Waals surface area contributed by atoms with E-state index in [9.17, 15) is 4.79 Å². The number of hydrogen-bond acceptors (Lipinski definition) is 7. The summed E-state index contributed by atoms with van der Waals surface area (Å²) in [6.07, 6.45) is 1.60. The number of methoxy groups -OCH3 is 1. The first kappa shape index (κ1) is 16.6. The molecule has 1 amide bonds. The molecule has 0 saturated carbocycles. The van der Waals surface area contributed by atoms with Gasteiger partial charge in [0.2, 0.25) is 5.91 Å². The Balaban J connectivity index is 1.55. The van der Waals surface area contributed by atoms with E-state index in [0.29, 0.717) is 19.7 Å².